The van der Waals surface area contributed by atoms with Crippen molar-refractivity contribution in [1.82, 2.24) is 0 Å². The number of aliphatic hydroxyl groups is 1. The van der Waals surface area contributed by atoms with E-state index in [1.807, 2.05) is 30.3 Å². The molecule has 3 heteroatoms. The maximum atomic E-state index is 10.6. The molecule has 0 aromatic heterocycles. The molecule has 1 N–H and O–H groups in total. The second-order valence-corrected chi connectivity index (χ2v) is 5.75. The summed E-state index contributed by atoms with van der Waals surface area (Å²) in [5.74, 6) is 0.300. The van der Waals surface area contributed by atoms with Crippen LogP contribution in [0.3, 0.4) is 0 Å². The first kappa shape index (κ1) is 13.1. The topological polar surface area (TPSA) is 38.7 Å². The van der Waals surface area contributed by atoms with Gasteiger partial charge in [0.15, 0.2) is 0 Å². The average molecular weight is 262 g/mol. The van der Waals surface area contributed by atoms with E-state index >= 15 is 0 Å². The highest BCUT2D eigenvalue weighted by atomic mass is 16.5. The van der Waals surface area contributed by atoms with Crippen LogP contribution in [0.5, 0.6) is 0 Å². The predicted octanol–water partition coefficient (Wildman–Crippen LogP) is 2.70. The summed E-state index contributed by atoms with van der Waals surface area (Å²) in [7, 11) is 0. The molecule has 2 atom stereocenters. The molecule has 3 rings (SSSR count). The molecule has 2 heterocycles. The molecule has 0 bridgehead atoms. The molecule has 2 aliphatic heterocycles. The minimum Gasteiger partial charge on any atom is -0.388 e. The molecule has 0 saturated carbocycles. The number of aliphatic hydroxyl groups excluding tert-OH is 1. The average Bonchev–Trinajstić information content (AvgIpc) is 2.48. The van der Waals surface area contributed by atoms with E-state index in [4.69, 9.17) is 9.47 Å². The number of rotatable bonds is 2. The molecule has 1 spiro atoms. The van der Waals surface area contributed by atoms with Crippen LogP contribution in [0.15, 0.2) is 30.3 Å². The van der Waals surface area contributed by atoms with Crippen LogP contribution in [0.1, 0.15) is 37.4 Å². The minimum atomic E-state index is -0.371. The van der Waals surface area contributed by atoms with Gasteiger partial charge >= 0.3 is 0 Å². The van der Waals surface area contributed by atoms with Gasteiger partial charge in [-0.25, -0.2) is 0 Å². The second-order valence-electron chi connectivity index (χ2n) is 5.75. The van der Waals surface area contributed by atoms with E-state index in [2.05, 4.69) is 0 Å². The molecule has 0 radical (unpaired) electrons. The summed E-state index contributed by atoms with van der Waals surface area (Å²) in [6, 6.07) is 9.98. The lowest BCUT2D eigenvalue weighted by molar-refractivity contribution is -0.159. The molecule has 104 valence electrons. The summed E-state index contributed by atoms with van der Waals surface area (Å²) in [4.78, 5) is 0. The van der Waals surface area contributed by atoms with Crippen molar-refractivity contribution in [2.24, 2.45) is 5.92 Å². The Hall–Kier alpha value is -0.900. The van der Waals surface area contributed by atoms with Crippen molar-refractivity contribution in [1.29, 1.82) is 0 Å². The molecule has 1 aromatic carbocycles. The fraction of sp³-hybridized carbons (Fsp3) is 0.625. The Bertz CT molecular complexity index is 392. The Balaban J connectivity index is 1.71. The van der Waals surface area contributed by atoms with Crippen molar-refractivity contribution in [2.75, 3.05) is 19.8 Å². The van der Waals surface area contributed by atoms with E-state index in [1.54, 1.807) is 0 Å². The number of hydrogen-bond acceptors (Lipinski definition) is 3. The molecule has 2 saturated heterocycles. The molecule has 0 amide bonds. The fourth-order valence-electron chi connectivity index (χ4n) is 3.35. The van der Waals surface area contributed by atoms with E-state index in [1.165, 1.54) is 0 Å². The molecule has 1 aromatic rings. The van der Waals surface area contributed by atoms with E-state index in [9.17, 15) is 5.11 Å². The molecule has 2 aliphatic rings. The monoisotopic (exact) mass is 262 g/mol. The second kappa shape index (κ2) is 5.61. The molecule has 19 heavy (non-hydrogen) atoms. The third-order valence-electron chi connectivity index (χ3n) is 4.52. The first-order chi connectivity index (χ1) is 9.29. The first-order valence-corrected chi connectivity index (χ1v) is 7.24. The van der Waals surface area contributed by atoms with Crippen molar-refractivity contribution >= 4 is 0 Å². The van der Waals surface area contributed by atoms with Gasteiger partial charge < -0.3 is 14.6 Å². The Kier molecular flexibility index (Phi) is 3.87. The van der Waals surface area contributed by atoms with Gasteiger partial charge in [-0.2, -0.15) is 0 Å². The highest BCUT2D eigenvalue weighted by Crippen LogP contribution is 2.41. The zero-order valence-corrected chi connectivity index (χ0v) is 11.3. The first-order valence-electron chi connectivity index (χ1n) is 7.24. The highest BCUT2D eigenvalue weighted by Gasteiger charge is 2.41. The summed E-state index contributed by atoms with van der Waals surface area (Å²) in [6.45, 7) is 2.33. The van der Waals surface area contributed by atoms with Crippen LogP contribution >= 0.6 is 0 Å². The predicted molar refractivity (Wildman–Crippen MR) is 72.9 cm³/mol. The van der Waals surface area contributed by atoms with Crippen molar-refractivity contribution < 1.29 is 14.6 Å². The standard InChI is InChI=1S/C16H22O3/c17-15(13-4-2-1-3-5-13)14-6-9-19-16(12-14)7-10-18-11-8-16/h1-5,14-15,17H,6-12H2. The Labute approximate surface area is 114 Å². The SMILES string of the molecule is OC(c1ccccc1)C1CCOC2(CCOCC2)C1. The summed E-state index contributed by atoms with van der Waals surface area (Å²) in [5.41, 5.74) is 0.980. The van der Waals surface area contributed by atoms with Crippen LogP contribution in [-0.4, -0.2) is 30.5 Å². The quantitative estimate of drug-likeness (QED) is 0.890. The Morgan fingerprint density at radius 1 is 1.11 bits per heavy atom. The van der Waals surface area contributed by atoms with Crippen LogP contribution in [0.25, 0.3) is 0 Å². The van der Waals surface area contributed by atoms with E-state index in [-0.39, 0.29) is 11.7 Å². The number of hydrogen-bond donors (Lipinski definition) is 1. The van der Waals surface area contributed by atoms with Gasteiger partial charge in [0.1, 0.15) is 0 Å². The lowest BCUT2D eigenvalue weighted by Gasteiger charge is -2.44. The van der Waals surface area contributed by atoms with Gasteiger partial charge in [0.25, 0.3) is 0 Å². The zero-order chi connectivity index (χ0) is 13.1. The van der Waals surface area contributed by atoms with Gasteiger partial charge in [-0.05, 0) is 37.2 Å². The summed E-state index contributed by atoms with van der Waals surface area (Å²) in [5, 5.41) is 10.6. The van der Waals surface area contributed by atoms with Crippen molar-refractivity contribution in [3.63, 3.8) is 0 Å². The van der Waals surface area contributed by atoms with Crippen LogP contribution in [0, 0.1) is 5.92 Å². The molecular weight excluding hydrogens is 240 g/mol. The fourth-order valence-corrected chi connectivity index (χ4v) is 3.35. The maximum Gasteiger partial charge on any atom is 0.0820 e. The van der Waals surface area contributed by atoms with Gasteiger partial charge in [0.2, 0.25) is 0 Å². The van der Waals surface area contributed by atoms with Gasteiger partial charge in [0, 0.05) is 19.8 Å². The molecular formula is C16H22O3. The third kappa shape index (κ3) is 2.83. The van der Waals surface area contributed by atoms with Crippen molar-refractivity contribution in [3.05, 3.63) is 35.9 Å². The summed E-state index contributed by atoms with van der Waals surface area (Å²) < 4.78 is 11.5. The summed E-state index contributed by atoms with van der Waals surface area (Å²) >= 11 is 0. The largest absolute Gasteiger partial charge is 0.388 e. The van der Waals surface area contributed by atoms with Crippen LogP contribution in [-0.2, 0) is 9.47 Å². The van der Waals surface area contributed by atoms with Gasteiger partial charge in [0.05, 0.1) is 11.7 Å². The van der Waals surface area contributed by atoms with Crippen LogP contribution in [0.2, 0.25) is 0 Å². The third-order valence-corrected chi connectivity index (χ3v) is 4.52. The lowest BCUT2D eigenvalue weighted by Crippen LogP contribution is -2.45. The van der Waals surface area contributed by atoms with Gasteiger partial charge in [-0.15, -0.1) is 0 Å². The molecule has 2 unspecified atom stereocenters. The molecule has 3 nitrogen and oxygen atoms in total. The van der Waals surface area contributed by atoms with Crippen LogP contribution < -0.4 is 0 Å². The van der Waals surface area contributed by atoms with Crippen LogP contribution in [0.4, 0.5) is 0 Å². The normalized spacial score (nSPS) is 28.2. The molecule has 2 fully saturated rings. The van der Waals surface area contributed by atoms with E-state index in [0.717, 1.165) is 51.1 Å². The van der Waals surface area contributed by atoms with Crippen molar-refractivity contribution in [3.8, 4) is 0 Å². The van der Waals surface area contributed by atoms with E-state index < -0.39 is 0 Å². The Morgan fingerprint density at radius 3 is 2.58 bits per heavy atom. The maximum absolute atomic E-state index is 10.6. The smallest absolute Gasteiger partial charge is 0.0820 e. The lowest BCUT2D eigenvalue weighted by atomic mass is 9.77. The number of benzene rings is 1. The highest BCUT2D eigenvalue weighted by molar-refractivity contribution is 5.18. The number of ether oxygens (including phenoxy) is 2. The minimum absolute atomic E-state index is 0.0447. The Morgan fingerprint density at radius 2 is 1.84 bits per heavy atom. The zero-order valence-electron chi connectivity index (χ0n) is 11.3. The van der Waals surface area contributed by atoms with Crippen molar-refractivity contribution in [2.45, 2.75) is 37.4 Å². The molecule has 0 aliphatic carbocycles. The summed E-state index contributed by atoms with van der Waals surface area (Å²) in [6.07, 6.45) is 3.45. The van der Waals surface area contributed by atoms with E-state index in [0.29, 0.717) is 5.92 Å². The van der Waals surface area contributed by atoms with Gasteiger partial charge in [-0.1, -0.05) is 30.3 Å². The van der Waals surface area contributed by atoms with Gasteiger partial charge in [-0.3, -0.25) is 0 Å².